The van der Waals surface area contributed by atoms with E-state index in [9.17, 15) is 9.59 Å². The van der Waals surface area contributed by atoms with Crippen LogP contribution in [0.5, 0.6) is 0 Å². The SMILES string of the molecule is CC(C)N(CCC#N)C(=O)NCc1ccc(C(=O)O)o1. The quantitative estimate of drug-likeness (QED) is 0.825. The molecule has 0 unspecified atom stereocenters. The Morgan fingerprint density at radius 2 is 2.20 bits per heavy atom. The molecule has 20 heavy (non-hydrogen) atoms. The lowest BCUT2D eigenvalue weighted by molar-refractivity contribution is 0.0660. The molecule has 1 aromatic rings. The van der Waals surface area contributed by atoms with E-state index < -0.39 is 5.97 Å². The molecule has 7 nitrogen and oxygen atoms in total. The second-order valence-corrected chi connectivity index (χ2v) is 4.43. The number of hydrogen-bond donors (Lipinski definition) is 2. The zero-order chi connectivity index (χ0) is 15.1. The van der Waals surface area contributed by atoms with Crippen LogP contribution in [0.4, 0.5) is 4.79 Å². The van der Waals surface area contributed by atoms with E-state index in [2.05, 4.69) is 5.32 Å². The number of aromatic carboxylic acids is 1. The van der Waals surface area contributed by atoms with Crippen LogP contribution in [0, 0.1) is 11.3 Å². The van der Waals surface area contributed by atoms with Gasteiger partial charge in [0.25, 0.3) is 0 Å². The summed E-state index contributed by atoms with van der Waals surface area (Å²) in [4.78, 5) is 24.1. The largest absolute Gasteiger partial charge is 0.475 e. The molecule has 0 aliphatic heterocycles. The molecular formula is C13H17N3O4. The van der Waals surface area contributed by atoms with Gasteiger partial charge >= 0.3 is 12.0 Å². The van der Waals surface area contributed by atoms with Gasteiger partial charge in [-0.3, -0.25) is 0 Å². The number of carbonyl (C=O) groups excluding carboxylic acids is 1. The molecule has 0 spiro atoms. The Morgan fingerprint density at radius 1 is 1.50 bits per heavy atom. The van der Waals surface area contributed by atoms with Crippen LogP contribution in [0.2, 0.25) is 0 Å². The maximum Gasteiger partial charge on any atom is 0.371 e. The summed E-state index contributed by atoms with van der Waals surface area (Å²) in [5.41, 5.74) is 0. The maximum atomic E-state index is 12.0. The molecule has 0 fully saturated rings. The highest BCUT2D eigenvalue weighted by Gasteiger charge is 2.17. The molecule has 0 saturated heterocycles. The first-order valence-electron chi connectivity index (χ1n) is 6.19. The Labute approximate surface area is 116 Å². The Bertz CT molecular complexity index is 516. The Hall–Kier alpha value is -2.49. The topological polar surface area (TPSA) is 107 Å². The average molecular weight is 279 g/mol. The number of urea groups is 1. The van der Waals surface area contributed by atoms with E-state index in [0.29, 0.717) is 12.3 Å². The van der Waals surface area contributed by atoms with Gasteiger partial charge in [-0.25, -0.2) is 9.59 Å². The number of carboxylic acids is 1. The number of nitriles is 1. The van der Waals surface area contributed by atoms with Crippen molar-refractivity contribution in [1.82, 2.24) is 10.2 Å². The van der Waals surface area contributed by atoms with Crippen molar-refractivity contribution in [1.29, 1.82) is 5.26 Å². The van der Waals surface area contributed by atoms with Gasteiger partial charge in [0.1, 0.15) is 5.76 Å². The van der Waals surface area contributed by atoms with Crippen LogP contribution in [-0.2, 0) is 6.54 Å². The summed E-state index contributed by atoms with van der Waals surface area (Å²) < 4.78 is 5.03. The van der Waals surface area contributed by atoms with Crippen molar-refractivity contribution >= 4 is 12.0 Å². The molecule has 1 rings (SSSR count). The number of carbonyl (C=O) groups is 2. The van der Waals surface area contributed by atoms with Crippen LogP contribution in [0.25, 0.3) is 0 Å². The van der Waals surface area contributed by atoms with Crippen molar-refractivity contribution in [2.45, 2.75) is 32.9 Å². The predicted molar refractivity (Wildman–Crippen MR) is 70.0 cm³/mol. The van der Waals surface area contributed by atoms with E-state index in [4.69, 9.17) is 14.8 Å². The van der Waals surface area contributed by atoms with E-state index in [1.54, 1.807) is 0 Å². The standard InChI is InChI=1S/C13H17N3O4/c1-9(2)16(7-3-6-14)13(19)15-8-10-4-5-11(20-10)12(17)18/h4-5,9H,3,7-8H2,1-2H3,(H,15,19)(H,17,18). The fourth-order valence-corrected chi connectivity index (χ4v) is 1.62. The zero-order valence-corrected chi connectivity index (χ0v) is 11.4. The van der Waals surface area contributed by atoms with Crippen molar-refractivity contribution in [3.8, 4) is 6.07 Å². The number of nitrogens with zero attached hydrogens (tertiary/aromatic N) is 2. The fraction of sp³-hybridized carbons (Fsp3) is 0.462. The minimum absolute atomic E-state index is 0.0328. The Balaban J connectivity index is 2.55. The minimum Gasteiger partial charge on any atom is -0.475 e. The molecule has 0 aliphatic rings. The van der Waals surface area contributed by atoms with Gasteiger partial charge in [0, 0.05) is 12.6 Å². The predicted octanol–water partition coefficient (Wildman–Crippen LogP) is 1.81. The molecule has 0 bridgehead atoms. The van der Waals surface area contributed by atoms with Gasteiger partial charge in [0.05, 0.1) is 19.0 Å². The molecule has 0 radical (unpaired) electrons. The first kappa shape index (κ1) is 15.6. The fourth-order valence-electron chi connectivity index (χ4n) is 1.62. The summed E-state index contributed by atoms with van der Waals surface area (Å²) in [5, 5.41) is 19.9. The van der Waals surface area contributed by atoms with E-state index in [0.717, 1.165) is 0 Å². The van der Waals surface area contributed by atoms with Crippen molar-refractivity contribution in [3.63, 3.8) is 0 Å². The molecule has 2 amide bonds. The van der Waals surface area contributed by atoms with Crippen LogP contribution < -0.4 is 5.32 Å². The molecule has 108 valence electrons. The number of amides is 2. The highest BCUT2D eigenvalue weighted by atomic mass is 16.4. The Kier molecular flexibility index (Phi) is 5.59. The van der Waals surface area contributed by atoms with Gasteiger partial charge in [0.15, 0.2) is 0 Å². The van der Waals surface area contributed by atoms with Gasteiger partial charge in [-0.15, -0.1) is 0 Å². The van der Waals surface area contributed by atoms with E-state index in [1.807, 2.05) is 19.9 Å². The third-order valence-corrected chi connectivity index (χ3v) is 2.63. The molecule has 0 aromatic carbocycles. The van der Waals surface area contributed by atoms with E-state index in [-0.39, 0.29) is 30.8 Å². The van der Waals surface area contributed by atoms with Gasteiger partial charge in [0.2, 0.25) is 5.76 Å². The number of rotatable bonds is 6. The van der Waals surface area contributed by atoms with Gasteiger partial charge in [-0.05, 0) is 26.0 Å². The smallest absolute Gasteiger partial charge is 0.371 e. The molecule has 2 N–H and O–H groups in total. The monoisotopic (exact) mass is 279 g/mol. The summed E-state index contributed by atoms with van der Waals surface area (Å²) in [5.74, 6) is -0.959. The van der Waals surface area contributed by atoms with Crippen molar-refractivity contribution in [2.75, 3.05) is 6.54 Å². The number of furan rings is 1. The lowest BCUT2D eigenvalue weighted by atomic mass is 10.3. The summed E-state index contributed by atoms with van der Waals surface area (Å²) in [7, 11) is 0. The highest BCUT2D eigenvalue weighted by Crippen LogP contribution is 2.08. The lowest BCUT2D eigenvalue weighted by Crippen LogP contribution is -2.44. The van der Waals surface area contributed by atoms with Crippen molar-refractivity contribution in [2.24, 2.45) is 0 Å². The van der Waals surface area contributed by atoms with Crippen LogP contribution in [0.15, 0.2) is 16.5 Å². The third kappa shape index (κ3) is 4.31. The first-order valence-corrected chi connectivity index (χ1v) is 6.19. The zero-order valence-electron chi connectivity index (χ0n) is 11.4. The van der Waals surface area contributed by atoms with E-state index in [1.165, 1.54) is 17.0 Å². The first-order chi connectivity index (χ1) is 9.45. The third-order valence-electron chi connectivity index (χ3n) is 2.63. The Morgan fingerprint density at radius 3 is 2.70 bits per heavy atom. The average Bonchev–Trinajstić information content (AvgIpc) is 2.85. The molecular weight excluding hydrogens is 262 g/mol. The number of hydrogen-bond acceptors (Lipinski definition) is 4. The van der Waals surface area contributed by atoms with Crippen LogP contribution in [0.1, 0.15) is 36.6 Å². The second-order valence-electron chi connectivity index (χ2n) is 4.43. The second kappa shape index (κ2) is 7.19. The van der Waals surface area contributed by atoms with E-state index >= 15 is 0 Å². The minimum atomic E-state index is -1.15. The van der Waals surface area contributed by atoms with Gasteiger partial charge in [-0.1, -0.05) is 0 Å². The number of carboxylic acid groups (broad SMARTS) is 1. The summed E-state index contributed by atoms with van der Waals surface area (Å²) in [6.45, 7) is 4.15. The van der Waals surface area contributed by atoms with Crippen LogP contribution in [-0.4, -0.2) is 34.6 Å². The van der Waals surface area contributed by atoms with Crippen molar-refractivity contribution < 1.29 is 19.1 Å². The summed E-state index contributed by atoms with van der Waals surface area (Å²) in [6.07, 6.45) is 0.259. The number of nitrogens with one attached hydrogen (secondary N) is 1. The maximum absolute atomic E-state index is 12.0. The normalized spacial score (nSPS) is 10.1. The van der Waals surface area contributed by atoms with Crippen LogP contribution in [0.3, 0.4) is 0 Å². The molecule has 7 heteroatoms. The molecule has 1 aromatic heterocycles. The molecule has 0 saturated carbocycles. The summed E-state index contributed by atoms with van der Waals surface area (Å²) >= 11 is 0. The highest BCUT2D eigenvalue weighted by molar-refractivity contribution is 5.84. The molecule has 0 atom stereocenters. The lowest BCUT2D eigenvalue weighted by Gasteiger charge is -2.25. The van der Waals surface area contributed by atoms with Gasteiger partial charge < -0.3 is 19.7 Å². The van der Waals surface area contributed by atoms with Gasteiger partial charge in [-0.2, -0.15) is 5.26 Å². The summed E-state index contributed by atoms with van der Waals surface area (Å²) in [6, 6.07) is 4.47. The van der Waals surface area contributed by atoms with Crippen molar-refractivity contribution in [3.05, 3.63) is 23.7 Å². The molecule has 0 aliphatic carbocycles. The molecule has 1 heterocycles. The van der Waals surface area contributed by atoms with Crippen LogP contribution >= 0.6 is 0 Å².